The normalized spacial score (nSPS) is 17.1. The summed E-state index contributed by atoms with van der Waals surface area (Å²) in [6.45, 7) is 1.52. The Balaban J connectivity index is 1.30. The van der Waals surface area contributed by atoms with E-state index < -0.39 is 0 Å². The summed E-state index contributed by atoms with van der Waals surface area (Å²) in [5, 5.41) is 10.3. The van der Waals surface area contributed by atoms with Gasteiger partial charge in [-0.15, -0.1) is 0 Å². The Morgan fingerprint density at radius 2 is 2.00 bits per heavy atom. The van der Waals surface area contributed by atoms with Gasteiger partial charge in [0, 0.05) is 37.6 Å². The largest absolute Gasteiger partial charge is 0.356 e. The van der Waals surface area contributed by atoms with Crippen molar-refractivity contribution in [2.75, 3.05) is 18.0 Å². The Morgan fingerprint density at radius 1 is 1.20 bits per heavy atom. The van der Waals surface area contributed by atoms with E-state index in [1.54, 1.807) is 12.3 Å². The minimum absolute atomic E-state index is 0.0282. The smallest absolute Gasteiger partial charge is 0.271 e. The fourth-order valence-corrected chi connectivity index (χ4v) is 4.13. The molecule has 1 saturated carbocycles. The number of nitrogens with zero attached hydrogens (tertiary/aromatic N) is 6. The Labute approximate surface area is 174 Å². The molecule has 0 aromatic carbocycles. The first-order valence-corrected chi connectivity index (χ1v) is 10.3. The molecule has 30 heavy (non-hydrogen) atoms. The summed E-state index contributed by atoms with van der Waals surface area (Å²) >= 11 is 0. The van der Waals surface area contributed by atoms with Gasteiger partial charge in [-0.1, -0.05) is 0 Å². The predicted octanol–water partition coefficient (Wildman–Crippen LogP) is 2.46. The third-order valence-corrected chi connectivity index (χ3v) is 6.02. The molecular formula is C22H23N7O. The van der Waals surface area contributed by atoms with Crippen molar-refractivity contribution < 1.29 is 4.79 Å². The average Bonchev–Trinajstić information content (AvgIpc) is 3.55. The number of piperidine rings is 1. The molecular weight excluding hydrogens is 378 g/mol. The lowest BCUT2D eigenvalue weighted by Crippen LogP contribution is -2.51. The third-order valence-electron chi connectivity index (χ3n) is 6.02. The second-order valence-corrected chi connectivity index (χ2v) is 8.04. The number of hydrogen-bond acceptors (Lipinski definition) is 6. The van der Waals surface area contributed by atoms with Gasteiger partial charge < -0.3 is 9.30 Å². The van der Waals surface area contributed by atoms with Crippen LogP contribution in [0.15, 0.2) is 42.9 Å². The maximum Gasteiger partial charge on any atom is 0.271 e. The number of carbonyl (C=O) groups is 1. The van der Waals surface area contributed by atoms with Crippen LogP contribution in [0.2, 0.25) is 0 Å². The topological polar surface area (TPSA) is 104 Å². The molecule has 0 spiro atoms. The maximum atomic E-state index is 13.3. The number of nitriles is 1. The SMILES string of the molecule is N#Cc1ccc(N2CCC(N(N)C(=O)c3cn4cccc4nc3C3CC3)CC2)nc1. The highest BCUT2D eigenvalue weighted by Crippen LogP contribution is 2.41. The molecule has 2 aliphatic rings. The second-order valence-electron chi connectivity index (χ2n) is 8.04. The summed E-state index contributed by atoms with van der Waals surface area (Å²) in [6, 6.07) is 9.58. The Morgan fingerprint density at radius 3 is 2.67 bits per heavy atom. The lowest BCUT2D eigenvalue weighted by Gasteiger charge is -2.36. The van der Waals surface area contributed by atoms with Gasteiger partial charge in [0.2, 0.25) is 0 Å². The quantitative estimate of drug-likeness (QED) is 0.409. The number of fused-ring (bicyclic) bond motifs is 1. The number of hydrazine groups is 1. The summed E-state index contributed by atoms with van der Waals surface area (Å²) in [4.78, 5) is 24.5. The lowest BCUT2D eigenvalue weighted by atomic mass is 10.0. The molecule has 0 bridgehead atoms. The maximum absolute atomic E-state index is 13.3. The highest BCUT2D eigenvalue weighted by molar-refractivity contribution is 5.95. The van der Waals surface area contributed by atoms with Crippen molar-refractivity contribution in [3.05, 3.63) is 59.7 Å². The minimum Gasteiger partial charge on any atom is -0.356 e. The molecule has 1 amide bonds. The van der Waals surface area contributed by atoms with Gasteiger partial charge in [0.15, 0.2) is 0 Å². The highest BCUT2D eigenvalue weighted by atomic mass is 16.2. The van der Waals surface area contributed by atoms with Crippen molar-refractivity contribution in [3.8, 4) is 6.07 Å². The van der Waals surface area contributed by atoms with Crippen LogP contribution >= 0.6 is 0 Å². The molecule has 2 N–H and O–H groups in total. The van der Waals surface area contributed by atoms with Crippen LogP contribution in [0.5, 0.6) is 0 Å². The zero-order valence-corrected chi connectivity index (χ0v) is 16.6. The molecule has 8 heteroatoms. The van der Waals surface area contributed by atoms with Gasteiger partial charge in [0.25, 0.3) is 5.91 Å². The number of hydrogen-bond donors (Lipinski definition) is 1. The number of amides is 1. The average molecular weight is 401 g/mol. The molecule has 4 heterocycles. The Hall–Kier alpha value is -3.44. The van der Waals surface area contributed by atoms with Gasteiger partial charge in [0.1, 0.15) is 17.5 Å². The van der Waals surface area contributed by atoms with Gasteiger partial charge in [-0.3, -0.25) is 9.80 Å². The van der Waals surface area contributed by atoms with Gasteiger partial charge in [-0.2, -0.15) is 5.26 Å². The molecule has 3 aromatic rings. The molecule has 3 aromatic heterocycles. The van der Waals surface area contributed by atoms with Gasteiger partial charge in [-0.05, 0) is 49.9 Å². The van der Waals surface area contributed by atoms with Crippen LogP contribution in [-0.4, -0.2) is 44.4 Å². The molecule has 0 atom stereocenters. The van der Waals surface area contributed by atoms with E-state index in [0.29, 0.717) is 17.0 Å². The molecule has 5 rings (SSSR count). The predicted molar refractivity (Wildman–Crippen MR) is 112 cm³/mol. The molecule has 1 aliphatic carbocycles. The summed E-state index contributed by atoms with van der Waals surface area (Å²) < 4.78 is 1.88. The van der Waals surface area contributed by atoms with Crippen molar-refractivity contribution in [3.63, 3.8) is 0 Å². The number of aromatic nitrogens is 3. The number of anilines is 1. The van der Waals surface area contributed by atoms with Crippen molar-refractivity contribution in [1.82, 2.24) is 19.4 Å². The lowest BCUT2D eigenvalue weighted by molar-refractivity contribution is 0.0647. The van der Waals surface area contributed by atoms with E-state index in [-0.39, 0.29) is 11.9 Å². The molecule has 1 aliphatic heterocycles. The van der Waals surface area contributed by atoms with E-state index in [4.69, 9.17) is 16.1 Å². The van der Waals surface area contributed by atoms with Crippen LogP contribution in [0.4, 0.5) is 5.82 Å². The molecule has 0 radical (unpaired) electrons. The standard InChI is InChI=1S/C22H23N7O/c23-12-15-3-6-19(25-13-15)27-10-7-17(8-11-27)29(24)22(30)18-14-28-9-1-2-20(28)26-21(18)16-4-5-16/h1-3,6,9,13-14,16-17H,4-5,7-8,10-11,24H2. The number of pyridine rings is 1. The van der Waals surface area contributed by atoms with Crippen LogP contribution in [0.3, 0.4) is 0 Å². The second kappa shape index (κ2) is 7.43. The van der Waals surface area contributed by atoms with E-state index in [2.05, 4.69) is 16.0 Å². The van der Waals surface area contributed by atoms with E-state index in [9.17, 15) is 4.79 Å². The third kappa shape index (κ3) is 3.37. The van der Waals surface area contributed by atoms with Crippen LogP contribution in [0.1, 0.15) is 53.2 Å². The van der Waals surface area contributed by atoms with Crippen LogP contribution in [-0.2, 0) is 0 Å². The zero-order chi connectivity index (χ0) is 20.7. The Bertz CT molecular complexity index is 1120. The number of rotatable bonds is 4. The van der Waals surface area contributed by atoms with Crippen LogP contribution < -0.4 is 10.7 Å². The fourth-order valence-electron chi connectivity index (χ4n) is 4.13. The summed E-state index contributed by atoms with van der Waals surface area (Å²) in [5.74, 6) is 7.38. The van der Waals surface area contributed by atoms with Crippen molar-refractivity contribution in [2.45, 2.75) is 37.6 Å². The number of nitrogens with two attached hydrogens (primary N) is 1. The molecule has 2 fully saturated rings. The van der Waals surface area contributed by atoms with E-state index in [0.717, 1.165) is 55.9 Å². The van der Waals surface area contributed by atoms with E-state index >= 15 is 0 Å². The number of carbonyl (C=O) groups excluding carboxylic acids is 1. The van der Waals surface area contributed by atoms with E-state index in [1.165, 1.54) is 5.01 Å². The van der Waals surface area contributed by atoms with Gasteiger partial charge >= 0.3 is 0 Å². The monoisotopic (exact) mass is 401 g/mol. The van der Waals surface area contributed by atoms with Crippen molar-refractivity contribution >= 4 is 17.4 Å². The Kier molecular flexibility index (Phi) is 4.60. The van der Waals surface area contributed by atoms with Crippen molar-refractivity contribution in [1.29, 1.82) is 5.26 Å². The molecule has 0 unspecified atom stereocenters. The first kappa shape index (κ1) is 18.6. The molecule has 1 saturated heterocycles. The van der Waals surface area contributed by atoms with E-state index in [1.807, 2.05) is 35.0 Å². The summed E-state index contributed by atoms with van der Waals surface area (Å²) in [6.07, 6.45) is 9.04. The van der Waals surface area contributed by atoms with Crippen molar-refractivity contribution in [2.24, 2.45) is 5.84 Å². The van der Waals surface area contributed by atoms with Gasteiger partial charge in [0.05, 0.1) is 22.9 Å². The zero-order valence-electron chi connectivity index (χ0n) is 16.6. The summed E-state index contributed by atoms with van der Waals surface area (Å²) in [5.41, 5.74) is 2.90. The fraction of sp³-hybridized carbons (Fsp3) is 0.364. The van der Waals surface area contributed by atoms with Crippen LogP contribution in [0.25, 0.3) is 5.65 Å². The highest BCUT2D eigenvalue weighted by Gasteiger charge is 2.34. The van der Waals surface area contributed by atoms with Crippen LogP contribution in [0, 0.1) is 11.3 Å². The van der Waals surface area contributed by atoms with Gasteiger partial charge in [-0.25, -0.2) is 15.8 Å². The molecule has 8 nitrogen and oxygen atoms in total. The molecule has 152 valence electrons. The first-order chi connectivity index (χ1) is 14.6. The minimum atomic E-state index is -0.157. The first-order valence-electron chi connectivity index (χ1n) is 10.3. The summed E-state index contributed by atoms with van der Waals surface area (Å²) in [7, 11) is 0.